The average Bonchev–Trinajstić information content (AvgIpc) is 2.79. The van der Waals surface area contributed by atoms with Gasteiger partial charge in [0.1, 0.15) is 5.75 Å². The maximum Gasteiger partial charge on any atom is 0.334 e. The van der Waals surface area contributed by atoms with Crippen LogP contribution in [0, 0.1) is 5.92 Å². The van der Waals surface area contributed by atoms with Crippen molar-refractivity contribution >= 4 is 33.8 Å². The van der Waals surface area contributed by atoms with E-state index in [0.29, 0.717) is 5.75 Å². The van der Waals surface area contributed by atoms with Crippen molar-refractivity contribution in [1.29, 1.82) is 0 Å². The molecule has 0 unspecified atom stereocenters. The second-order valence-electron chi connectivity index (χ2n) is 6.65. The first-order chi connectivity index (χ1) is 11.9. The zero-order valence-corrected chi connectivity index (χ0v) is 15.9. The van der Waals surface area contributed by atoms with Gasteiger partial charge in [-0.25, -0.2) is 4.79 Å². The number of carbonyl (C=O) groups is 3. The van der Waals surface area contributed by atoms with Gasteiger partial charge in [-0.15, -0.1) is 0 Å². The molecule has 25 heavy (non-hydrogen) atoms. The number of rotatable bonds is 4. The molecule has 2 atom stereocenters. The van der Waals surface area contributed by atoms with Crippen molar-refractivity contribution in [3.8, 4) is 5.75 Å². The molecule has 6 nitrogen and oxygen atoms in total. The molecule has 0 spiro atoms. The van der Waals surface area contributed by atoms with Crippen molar-refractivity contribution in [1.82, 2.24) is 9.80 Å². The molecule has 0 radical (unpaired) electrons. The maximum absolute atomic E-state index is 12.8. The SMILES string of the molecule is COc1ccc(CN2C(=O)C(=O)N([C@H]3CCCC[C@H]3C)C2=O)cc1Br. The van der Waals surface area contributed by atoms with Gasteiger partial charge in [-0.2, -0.15) is 0 Å². The zero-order chi connectivity index (χ0) is 18.1. The third-order valence-electron chi connectivity index (χ3n) is 5.04. The van der Waals surface area contributed by atoms with Gasteiger partial charge < -0.3 is 4.74 Å². The standard InChI is InChI=1S/C18H21BrN2O4/c1-11-5-3-4-6-14(11)21-17(23)16(22)20(18(21)24)10-12-7-8-15(25-2)13(19)9-12/h7-9,11,14H,3-6,10H2,1-2H3/t11-,14+/m1/s1. The number of ether oxygens (including phenoxy) is 1. The third-order valence-corrected chi connectivity index (χ3v) is 5.66. The summed E-state index contributed by atoms with van der Waals surface area (Å²) in [5, 5.41) is 0. The van der Waals surface area contributed by atoms with Gasteiger partial charge in [-0.1, -0.05) is 25.8 Å². The van der Waals surface area contributed by atoms with Crippen LogP contribution in [0.15, 0.2) is 22.7 Å². The van der Waals surface area contributed by atoms with Gasteiger partial charge >= 0.3 is 17.8 Å². The van der Waals surface area contributed by atoms with Gasteiger partial charge in [-0.3, -0.25) is 19.4 Å². The first-order valence-corrected chi connectivity index (χ1v) is 9.24. The van der Waals surface area contributed by atoms with E-state index in [9.17, 15) is 14.4 Å². The highest BCUT2D eigenvalue weighted by molar-refractivity contribution is 9.10. The minimum absolute atomic E-state index is 0.0730. The summed E-state index contributed by atoms with van der Waals surface area (Å²) < 4.78 is 5.91. The number of halogens is 1. The van der Waals surface area contributed by atoms with E-state index in [1.54, 1.807) is 25.3 Å². The lowest BCUT2D eigenvalue weighted by Crippen LogP contribution is -2.46. The van der Waals surface area contributed by atoms with Crippen molar-refractivity contribution in [3.63, 3.8) is 0 Å². The molecule has 7 heteroatoms. The molecule has 2 aliphatic rings. The number of urea groups is 1. The molecule has 3 rings (SSSR count). The number of amides is 4. The van der Waals surface area contributed by atoms with Crippen LogP contribution in [0.5, 0.6) is 5.75 Å². The van der Waals surface area contributed by atoms with Crippen LogP contribution >= 0.6 is 15.9 Å². The summed E-state index contributed by atoms with van der Waals surface area (Å²) >= 11 is 3.39. The highest BCUT2D eigenvalue weighted by atomic mass is 79.9. The number of hydrogen-bond acceptors (Lipinski definition) is 4. The van der Waals surface area contributed by atoms with Crippen molar-refractivity contribution in [3.05, 3.63) is 28.2 Å². The Morgan fingerprint density at radius 2 is 1.88 bits per heavy atom. The van der Waals surface area contributed by atoms with Gasteiger partial charge in [0.25, 0.3) is 0 Å². The molecular formula is C18H21BrN2O4. The van der Waals surface area contributed by atoms with Crippen molar-refractivity contribution in [2.75, 3.05) is 7.11 Å². The Labute approximate surface area is 155 Å². The van der Waals surface area contributed by atoms with E-state index in [4.69, 9.17) is 4.74 Å². The smallest absolute Gasteiger partial charge is 0.334 e. The van der Waals surface area contributed by atoms with Crippen LogP contribution in [0.25, 0.3) is 0 Å². The lowest BCUT2D eigenvalue weighted by molar-refractivity contribution is -0.144. The van der Waals surface area contributed by atoms with Crippen molar-refractivity contribution < 1.29 is 19.1 Å². The summed E-state index contributed by atoms with van der Waals surface area (Å²) in [6.07, 6.45) is 3.83. The Balaban J connectivity index is 1.80. The number of imide groups is 2. The van der Waals surface area contributed by atoms with Crippen LogP contribution < -0.4 is 4.74 Å². The summed E-state index contributed by atoms with van der Waals surface area (Å²) in [6, 6.07) is 4.65. The van der Waals surface area contributed by atoms with Gasteiger partial charge in [-0.05, 0) is 52.4 Å². The molecule has 0 N–H and O–H groups in total. The Kier molecular flexibility index (Phi) is 5.13. The normalized spacial score (nSPS) is 24.2. The molecular weight excluding hydrogens is 388 g/mol. The van der Waals surface area contributed by atoms with E-state index in [1.807, 2.05) is 6.92 Å². The van der Waals surface area contributed by atoms with Gasteiger partial charge in [0, 0.05) is 6.04 Å². The van der Waals surface area contributed by atoms with E-state index in [1.165, 1.54) is 4.90 Å². The molecule has 1 aliphatic carbocycles. The minimum Gasteiger partial charge on any atom is -0.496 e. The molecule has 1 saturated heterocycles. The summed E-state index contributed by atoms with van der Waals surface area (Å²) in [5.41, 5.74) is 0.751. The molecule has 134 valence electrons. The Morgan fingerprint density at radius 1 is 1.16 bits per heavy atom. The molecule has 1 aromatic carbocycles. The predicted molar refractivity (Wildman–Crippen MR) is 94.9 cm³/mol. The van der Waals surface area contributed by atoms with Gasteiger partial charge in [0.2, 0.25) is 0 Å². The quantitative estimate of drug-likeness (QED) is 0.565. The van der Waals surface area contributed by atoms with E-state index < -0.39 is 17.8 Å². The Hall–Kier alpha value is -1.89. The first kappa shape index (κ1) is 17.9. The fourth-order valence-corrected chi connectivity index (χ4v) is 4.21. The van der Waals surface area contributed by atoms with E-state index in [2.05, 4.69) is 15.9 Å². The highest BCUT2D eigenvalue weighted by Crippen LogP contribution is 2.32. The number of nitrogens with zero attached hydrogens (tertiary/aromatic N) is 2. The van der Waals surface area contributed by atoms with Crippen LogP contribution in [0.4, 0.5) is 4.79 Å². The number of benzene rings is 1. The van der Waals surface area contributed by atoms with Crippen LogP contribution in [-0.2, 0) is 16.1 Å². The van der Waals surface area contributed by atoms with Gasteiger partial charge in [0.15, 0.2) is 0 Å². The third kappa shape index (κ3) is 3.29. The Morgan fingerprint density at radius 3 is 2.52 bits per heavy atom. The molecule has 1 aliphatic heterocycles. The van der Waals surface area contributed by atoms with E-state index in [-0.39, 0.29) is 18.5 Å². The van der Waals surface area contributed by atoms with E-state index in [0.717, 1.165) is 40.6 Å². The second-order valence-corrected chi connectivity index (χ2v) is 7.50. The number of hydrogen-bond donors (Lipinski definition) is 0. The lowest BCUT2D eigenvalue weighted by atomic mass is 9.85. The molecule has 2 fully saturated rings. The highest BCUT2D eigenvalue weighted by Gasteiger charge is 2.48. The molecule has 0 bridgehead atoms. The first-order valence-electron chi connectivity index (χ1n) is 8.45. The molecule has 0 aromatic heterocycles. The van der Waals surface area contributed by atoms with Crippen LogP contribution in [-0.4, -0.2) is 40.8 Å². The van der Waals surface area contributed by atoms with Crippen LogP contribution in [0.3, 0.4) is 0 Å². The van der Waals surface area contributed by atoms with Crippen molar-refractivity contribution in [2.24, 2.45) is 5.92 Å². The fourth-order valence-electron chi connectivity index (χ4n) is 3.63. The summed E-state index contributed by atoms with van der Waals surface area (Å²) in [6.45, 7) is 2.11. The number of methoxy groups -OCH3 is 1. The maximum atomic E-state index is 12.8. The van der Waals surface area contributed by atoms with E-state index >= 15 is 0 Å². The van der Waals surface area contributed by atoms with Crippen LogP contribution in [0.2, 0.25) is 0 Å². The minimum atomic E-state index is -0.741. The number of carbonyl (C=O) groups excluding carboxylic acids is 3. The second kappa shape index (κ2) is 7.15. The fraction of sp³-hybridized carbons (Fsp3) is 0.500. The van der Waals surface area contributed by atoms with Crippen molar-refractivity contribution in [2.45, 2.75) is 45.2 Å². The molecule has 1 heterocycles. The monoisotopic (exact) mass is 408 g/mol. The zero-order valence-electron chi connectivity index (χ0n) is 14.3. The Bertz CT molecular complexity index is 721. The summed E-state index contributed by atoms with van der Waals surface area (Å²) in [4.78, 5) is 39.8. The average molecular weight is 409 g/mol. The van der Waals surface area contributed by atoms with Crippen LogP contribution in [0.1, 0.15) is 38.2 Å². The topological polar surface area (TPSA) is 66.9 Å². The molecule has 1 aromatic rings. The largest absolute Gasteiger partial charge is 0.496 e. The van der Waals surface area contributed by atoms with Gasteiger partial charge in [0.05, 0.1) is 18.1 Å². The predicted octanol–water partition coefficient (Wildman–Crippen LogP) is 3.33. The lowest BCUT2D eigenvalue weighted by Gasteiger charge is -2.34. The summed E-state index contributed by atoms with van der Waals surface area (Å²) in [7, 11) is 1.56. The molecule has 4 amide bonds. The summed E-state index contributed by atoms with van der Waals surface area (Å²) in [5.74, 6) is -0.549. The molecule has 1 saturated carbocycles.